The quantitative estimate of drug-likeness (QED) is 0.268. The van der Waals surface area contributed by atoms with Crippen LogP contribution in [0.4, 0.5) is 0 Å². The van der Waals surface area contributed by atoms with Gasteiger partial charge in [0.15, 0.2) is 0 Å². The molecule has 5 nitrogen and oxygen atoms in total. The maximum atomic E-state index is 13.5. The van der Waals surface area contributed by atoms with E-state index in [1.54, 1.807) is 6.92 Å². The molecule has 158 valence electrons. The summed E-state index contributed by atoms with van der Waals surface area (Å²) in [6.45, 7) is 10.4. The van der Waals surface area contributed by atoms with Gasteiger partial charge in [-0.1, -0.05) is 18.7 Å². The van der Waals surface area contributed by atoms with Crippen LogP contribution in [0.3, 0.4) is 0 Å². The molecule has 31 heavy (non-hydrogen) atoms. The van der Waals surface area contributed by atoms with Crippen molar-refractivity contribution in [1.82, 2.24) is 9.55 Å². The topological polar surface area (TPSA) is 64.3 Å². The number of hydrogen-bond donors (Lipinski definition) is 0. The highest BCUT2D eigenvalue weighted by molar-refractivity contribution is 7.27. The van der Waals surface area contributed by atoms with Gasteiger partial charge in [0.2, 0.25) is 0 Å². The predicted molar refractivity (Wildman–Crippen MR) is 129 cm³/mol. The molecule has 0 N–H and O–H groups in total. The summed E-state index contributed by atoms with van der Waals surface area (Å²) in [5, 5.41) is 5.75. The van der Waals surface area contributed by atoms with Gasteiger partial charge in [0, 0.05) is 16.5 Å². The second kappa shape index (κ2) is 7.20. The first-order chi connectivity index (χ1) is 14.9. The van der Waals surface area contributed by atoms with Crippen molar-refractivity contribution in [3.8, 4) is 11.4 Å². The van der Waals surface area contributed by atoms with Crippen molar-refractivity contribution in [2.45, 2.75) is 59.0 Å². The van der Waals surface area contributed by atoms with Crippen LogP contribution in [0.1, 0.15) is 59.7 Å². The van der Waals surface area contributed by atoms with Crippen molar-refractivity contribution in [2.75, 3.05) is 0 Å². The summed E-state index contributed by atoms with van der Waals surface area (Å²) in [5.74, 6) is 0. The molecule has 1 unspecified atom stereocenters. The number of rotatable bonds is 4. The molecular weight excluding hydrogens is 405 g/mol. The normalized spacial score (nSPS) is 15.0. The SMILES string of the molecule is C=C(C)[C@@H](N=O)c1cc2n(c(=O)c1CC)Cc1c-2nc2cc(P)c(C)c3c2c1CCC3. The Morgan fingerprint density at radius 3 is 2.71 bits per heavy atom. The summed E-state index contributed by atoms with van der Waals surface area (Å²) >= 11 is 0. The van der Waals surface area contributed by atoms with E-state index in [1.807, 2.05) is 17.6 Å². The molecule has 6 heteroatoms. The third-order valence-electron chi connectivity index (χ3n) is 6.99. The summed E-state index contributed by atoms with van der Waals surface area (Å²) in [7, 11) is 2.84. The van der Waals surface area contributed by atoms with Gasteiger partial charge in [-0.05, 0) is 84.8 Å². The summed E-state index contributed by atoms with van der Waals surface area (Å²) in [6, 6.07) is 3.38. The lowest BCUT2D eigenvalue weighted by Crippen LogP contribution is -2.25. The van der Waals surface area contributed by atoms with Crippen LogP contribution in [0.5, 0.6) is 0 Å². The van der Waals surface area contributed by atoms with E-state index in [-0.39, 0.29) is 5.56 Å². The molecule has 2 aliphatic rings. The maximum absolute atomic E-state index is 13.5. The smallest absolute Gasteiger partial charge is 0.254 e. The molecule has 3 aromatic rings. The van der Waals surface area contributed by atoms with E-state index in [1.165, 1.54) is 27.4 Å². The van der Waals surface area contributed by atoms with E-state index in [2.05, 4.69) is 34.0 Å². The third kappa shape index (κ3) is 2.79. The number of aromatic nitrogens is 2. The fourth-order valence-corrected chi connectivity index (χ4v) is 5.73. The first-order valence-electron chi connectivity index (χ1n) is 10.9. The Morgan fingerprint density at radius 1 is 1.29 bits per heavy atom. The molecule has 0 spiro atoms. The zero-order valence-corrected chi connectivity index (χ0v) is 19.4. The summed E-state index contributed by atoms with van der Waals surface area (Å²) in [4.78, 5) is 30.2. The number of benzene rings is 1. The standard InChI is InChI=1S/C25H26N3O2P/c1-5-14-17(23(27-30)12(2)3)9-20-24-18(11-28(20)25(14)29)16-8-6-7-15-13(4)21(31)10-19(26-24)22(15)16/h9-10,23H,2,5-8,11,31H2,1,3-4H3/t23-/m1/s1. The van der Waals surface area contributed by atoms with Gasteiger partial charge in [0.05, 0.1) is 23.4 Å². The van der Waals surface area contributed by atoms with E-state index in [0.717, 1.165) is 41.7 Å². The Hall–Kier alpha value is -2.65. The van der Waals surface area contributed by atoms with E-state index in [0.29, 0.717) is 29.7 Å². The van der Waals surface area contributed by atoms with Crippen LogP contribution in [0, 0.1) is 11.8 Å². The Balaban J connectivity index is 1.85. The molecule has 0 saturated heterocycles. The van der Waals surface area contributed by atoms with Gasteiger partial charge in [0.1, 0.15) is 6.04 Å². The Kier molecular flexibility index (Phi) is 4.71. The molecule has 0 radical (unpaired) electrons. The van der Waals surface area contributed by atoms with E-state index in [4.69, 9.17) is 4.98 Å². The molecule has 5 rings (SSSR count). The second-order valence-corrected chi connectivity index (χ2v) is 9.42. The van der Waals surface area contributed by atoms with Gasteiger partial charge in [-0.15, -0.1) is 14.1 Å². The minimum Gasteiger partial charge on any atom is -0.302 e. The molecule has 1 aliphatic heterocycles. The van der Waals surface area contributed by atoms with Gasteiger partial charge in [0.25, 0.3) is 5.56 Å². The molecule has 2 atom stereocenters. The fraction of sp³-hybridized carbons (Fsp3) is 0.360. The van der Waals surface area contributed by atoms with Gasteiger partial charge < -0.3 is 4.57 Å². The summed E-state index contributed by atoms with van der Waals surface area (Å²) in [6.07, 6.45) is 3.73. The Morgan fingerprint density at radius 2 is 2.03 bits per heavy atom. The lowest BCUT2D eigenvalue weighted by molar-refractivity contribution is 0.741. The minimum atomic E-state index is -0.718. The largest absolute Gasteiger partial charge is 0.302 e. The molecule has 3 heterocycles. The number of fused-ring (bicyclic) bond motifs is 4. The lowest BCUT2D eigenvalue weighted by Gasteiger charge is -2.22. The first kappa shape index (κ1) is 20.3. The average Bonchev–Trinajstić information content (AvgIpc) is 3.11. The monoisotopic (exact) mass is 431 g/mol. The molecule has 0 amide bonds. The van der Waals surface area contributed by atoms with Crippen molar-refractivity contribution < 1.29 is 0 Å². The van der Waals surface area contributed by atoms with Crippen LogP contribution in [0.25, 0.3) is 22.3 Å². The molecule has 0 fully saturated rings. The minimum absolute atomic E-state index is 0.0434. The highest BCUT2D eigenvalue weighted by atomic mass is 31.0. The number of aryl methyl sites for hydroxylation is 2. The number of pyridine rings is 2. The van der Waals surface area contributed by atoms with Crippen LogP contribution in [-0.2, 0) is 25.8 Å². The number of nitrogens with zero attached hydrogens (tertiary/aromatic N) is 3. The molecule has 0 saturated carbocycles. The van der Waals surface area contributed by atoms with E-state index < -0.39 is 6.04 Å². The Bertz CT molecular complexity index is 1370. The van der Waals surface area contributed by atoms with Crippen molar-refractivity contribution >= 4 is 25.4 Å². The van der Waals surface area contributed by atoms with Gasteiger partial charge >= 0.3 is 0 Å². The van der Waals surface area contributed by atoms with Gasteiger partial charge in [-0.3, -0.25) is 4.79 Å². The summed E-state index contributed by atoms with van der Waals surface area (Å²) in [5.41, 5.74) is 9.77. The summed E-state index contributed by atoms with van der Waals surface area (Å²) < 4.78 is 1.83. The van der Waals surface area contributed by atoms with Crippen LogP contribution in [0.15, 0.2) is 34.3 Å². The lowest BCUT2D eigenvalue weighted by atomic mass is 9.85. The maximum Gasteiger partial charge on any atom is 0.254 e. The predicted octanol–water partition coefficient (Wildman–Crippen LogP) is 4.67. The zero-order chi connectivity index (χ0) is 22.0. The molecular formula is C25H26N3O2P. The van der Waals surface area contributed by atoms with Crippen LogP contribution in [-0.4, -0.2) is 9.55 Å². The molecule has 0 bridgehead atoms. The van der Waals surface area contributed by atoms with E-state index >= 15 is 0 Å². The zero-order valence-electron chi connectivity index (χ0n) is 18.2. The van der Waals surface area contributed by atoms with Crippen molar-refractivity contribution in [1.29, 1.82) is 0 Å². The van der Waals surface area contributed by atoms with Crippen LogP contribution in [0.2, 0.25) is 0 Å². The van der Waals surface area contributed by atoms with Crippen molar-refractivity contribution in [3.63, 3.8) is 0 Å². The van der Waals surface area contributed by atoms with Crippen molar-refractivity contribution in [2.24, 2.45) is 5.18 Å². The Labute approximate surface area is 183 Å². The molecule has 1 aromatic carbocycles. The van der Waals surface area contributed by atoms with Crippen LogP contribution < -0.4 is 10.9 Å². The number of nitroso groups, excluding NO2 is 1. The second-order valence-electron chi connectivity index (χ2n) is 8.80. The third-order valence-corrected chi connectivity index (χ3v) is 7.59. The van der Waals surface area contributed by atoms with Gasteiger partial charge in [-0.25, -0.2) is 4.98 Å². The average molecular weight is 431 g/mol. The van der Waals surface area contributed by atoms with Gasteiger partial charge in [-0.2, -0.15) is 0 Å². The highest BCUT2D eigenvalue weighted by Crippen LogP contribution is 2.41. The van der Waals surface area contributed by atoms with Crippen molar-refractivity contribution in [3.05, 3.63) is 72.9 Å². The van der Waals surface area contributed by atoms with Crippen LogP contribution >= 0.6 is 9.24 Å². The molecule has 2 aromatic heterocycles. The molecule has 1 aliphatic carbocycles. The highest BCUT2D eigenvalue weighted by Gasteiger charge is 2.31. The first-order valence-corrected chi connectivity index (χ1v) is 11.4. The fourth-order valence-electron chi connectivity index (χ4n) is 5.39. The van der Waals surface area contributed by atoms with E-state index in [9.17, 15) is 9.70 Å². The number of hydrogen-bond acceptors (Lipinski definition) is 4.